The highest BCUT2D eigenvalue weighted by Gasteiger charge is 2.16. The molecular weight excluding hydrogens is 254 g/mol. The summed E-state index contributed by atoms with van der Waals surface area (Å²) in [6.45, 7) is 7.17. The Morgan fingerprint density at radius 1 is 1.05 bits per heavy atom. The van der Waals surface area contributed by atoms with Gasteiger partial charge in [0, 0.05) is 0 Å². The van der Waals surface area contributed by atoms with Crippen LogP contribution in [0.4, 0.5) is 4.79 Å². The van der Waals surface area contributed by atoms with Gasteiger partial charge in [-0.3, -0.25) is 9.59 Å². The fraction of sp³-hybridized carbons (Fsp3) is 0.750. The van der Waals surface area contributed by atoms with Crippen LogP contribution in [0.15, 0.2) is 0 Å². The van der Waals surface area contributed by atoms with Gasteiger partial charge < -0.3 is 19.5 Å². The standard InChI is InChI=1S/C12H21NO6/c1-5-17-9(14)8-10(15)18-7-6-13-11(16)19-12(2,3)4/h5-8H2,1-4H3,(H,13,16). The Kier molecular flexibility index (Phi) is 7.55. The van der Waals surface area contributed by atoms with E-state index in [0.29, 0.717) is 0 Å². The molecule has 0 fully saturated rings. The molecule has 7 heteroatoms. The third-order valence-corrected chi connectivity index (χ3v) is 1.63. The molecule has 19 heavy (non-hydrogen) atoms. The molecule has 110 valence electrons. The number of rotatable bonds is 6. The lowest BCUT2D eigenvalue weighted by Crippen LogP contribution is -2.34. The summed E-state index contributed by atoms with van der Waals surface area (Å²) in [5, 5.41) is 2.42. The normalized spacial score (nSPS) is 10.5. The summed E-state index contributed by atoms with van der Waals surface area (Å²) in [6.07, 6.45) is -1.02. The minimum Gasteiger partial charge on any atom is -0.466 e. The van der Waals surface area contributed by atoms with E-state index < -0.39 is 30.1 Å². The molecule has 1 amide bonds. The summed E-state index contributed by atoms with van der Waals surface area (Å²) >= 11 is 0. The number of ether oxygens (including phenoxy) is 3. The van der Waals surface area contributed by atoms with E-state index in [1.54, 1.807) is 27.7 Å². The van der Waals surface area contributed by atoms with Crippen molar-refractivity contribution in [1.29, 1.82) is 0 Å². The third kappa shape index (κ3) is 11.1. The topological polar surface area (TPSA) is 90.9 Å². The van der Waals surface area contributed by atoms with Gasteiger partial charge >= 0.3 is 18.0 Å². The molecule has 7 nitrogen and oxygen atoms in total. The van der Waals surface area contributed by atoms with Gasteiger partial charge in [0.2, 0.25) is 0 Å². The Balaban J connectivity index is 3.66. The predicted octanol–water partition coefficient (Wildman–Crippen LogP) is 1.01. The molecule has 0 rings (SSSR count). The van der Waals surface area contributed by atoms with E-state index in [1.165, 1.54) is 0 Å². The van der Waals surface area contributed by atoms with Crippen LogP contribution in [0.3, 0.4) is 0 Å². The number of nitrogens with one attached hydrogen (secondary N) is 1. The lowest BCUT2D eigenvalue weighted by atomic mass is 10.2. The van der Waals surface area contributed by atoms with Crippen molar-refractivity contribution in [3.05, 3.63) is 0 Å². The summed E-state index contributed by atoms with van der Waals surface area (Å²) in [4.78, 5) is 33.3. The van der Waals surface area contributed by atoms with Crippen molar-refractivity contribution in [2.24, 2.45) is 0 Å². The minimum absolute atomic E-state index is 0.0303. The minimum atomic E-state index is -0.690. The average Bonchev–Trinajstić information content (AvgIpc) is 2.22. The fourth-order valence-corrected chi connectivity index (χ4v) is 1.01. The zero-order valence-corrected chi connectivity index (χ0v) is 11.8. The number of hydrogen-bond acceptors (Lipinski definition) is 6. The van der Waals surface area contributed by atoms with Crippen LogP contribution in [0.1, 0.15) is 34.1 Å². The SMILES string of the molecule is CCOC(=O)CC(=O)OCCNC(=O)OC(C)(C)C. The van der Waals surface area contributed by atoms with Crippen molar-refractivity contribution in [1.82, 2.24) is 5.32 Å². The number of esters is 2. The Hall–Kier alpha value is -1.79. The first kappa shape index (κ1) is 17.2. The molecule has 0 bridgehead atoms. The number of alkyl carbamates (subject to hydrolysis) is 1. The largest absolute Gasteiger partial charge is 0.466 e. The second-order valence-electron chi connectivity index (χ2n) is 4.63. The molecule has 0 unspecified atom stereocenters. The van der Waals surface area contributed by atoms with Crippen LogP contribution in [0.2, 0.25) is 0 Å². The Morgan fingerprint density at radius 2 is 1.63 bits per heavy atom. The Morgan fingerprint density at radius 3 is 2.16 bits per heavy atom. The lowest BCUT2D eigenvalue weighted by molar-refractivity contribution is -0.154. The van der Waals surface area contributed by atoms with Gasteiger partial charge in [-0.2, -0.15) is 0 Å². The molecule has 0 aliphatic heterocycles. The first-order chi connectivity index (χ1) is 8.74. The molecule has 0 aliphatic carbocycles. The maximum Gasteiger partial charge on any atom is 0.407 e. The molecule has 0 radical (unpaired) electrons. The molecule has 0 aromatic heterocycles. The fourth-order valence-electron chi connectivity index (χ4n) is 1.01. The highest BCUT2D eigenvalue weighted by molar-refractivity contribution is 5.91. The quantitative estimate of drug-likeness (QED) is 0.336. The van der Waals surface area contributed by atoms with Gasteiger partial charge in [0.1, 0.15) is 18.6 Å². The summed E-state index contributed by atoms with van der Waals surface area (Å²) in [5.74, 6) is -1.32. The van der Waals surface area contributed by atoms with E-state index in [-0.39, 0.29) is 19.8 Å². The van der Waals surface area contributed by atoms with Gasteiger partial charge in [-0.15, -0.1) is 0 Å². The molecule has 0 atom stereocenters. The maximum atomic E-state index is 11.2. The Labute approximate surface area is 112 Å². The van der Waals surface area contributed by atoms with E-state index in [0.717, 1.165) is 0 Å². The molecule has 0 aromatic rings. The van der Waals surface area contributed by atoms with Crippen LogP contribution in [-0.2, 0) is 23.8 Å². The van der Waals surface area contributed by atoms with E-state index in [1.807, 2.05) is 0 Å². The summed E-state index contributed by atoms with van der Waals surface area (Å²) in [6, 6.07) is 0. The second kappa shape index (κ2) is 8.34. The molecule has 1 N–H and O–H groups in total. The maximum absolute atomic E-state index is 11.2. The van der Waals surface area contributed by atoms with Crippen LogP contribution in [-0.4, -0.2) is 43.4 Å². The highest BCUT2D eigenvalue weighted by atomic mass is 16.6. The molecule has 0 saturated heterocycles. The van der Waals surface area contributed by atoms with Crippen LogP contribution < -0.4 is 5.32 Å². The molecule has 0 aliphatic rings. The van der Waals surface area contributed by atoms with Gasteiger partial charge in [-0.25, -0.2) is 4.79 Å². The van der Waals surface area contributed by atoms with E-state index in [4.69, 9.17) is 9.47 Å². The van der Waals surface area contributed by atoms with Crippen molar-refractivity contribution >= 4 is 18.0 Å². The highest BCUT2D eigenvalue weighted by Crippen LogP contribution is 2.06. The number of amides is 1. The van der Waals surface area contributed by atoms with Gasteiger partial charge in [0.15, 0.2) is 0 Å². The van der Waals surface area contributed by atoms with Crippen molar-refractivity contribution in [3.8, 4) is 0 Å². The number of hydrogen-bond donors (Lipinski definition) is 1. The van der Waals surface area contributed by atoms with Crippen molar-refractivity contribution < 1.29 is 28.6 Å². The van der Waals surface area contributed by atoms with Crippen LogP contribution >= 0.6 is 0 Å². The number of carbonyl (C=O) groups is 3. The monoisotopic (exact) mass is 275 g/mol. The van der Waals surface area contributed by atoms with Crippen molar-refractivity contribution in [2.75, 3.05) is 19.8 Å². The first-order valence-corrected chi connectivity index (χ1v) is 6.02. The third-order valence-electron chi connectivity index (χ3n) is 1.63. The molecular formula is C12H21NO6. The van der Waals surface area contributed by atoms with E-state index >= 15 is 0 Å². The average molecular weight is 275 g/mol. The van der Waals surface area contributed by atoms with Crippen molar-refractivity contribution in [3.63, 3.8) is 0 Å². The molecule has 0 heterocycles. The molecule has 0 spiro atoms. The summed E-state index contributed by atoms with van der Waals surface area (Å²) < 4.78 is 14.3. The van der Waals surface area contributed by atoms with Crippen LogP contribution in [0.5, 0.6) is 0 Å². The van der Waals surface area contributed by atoms with Gasteiger partial charge in [0.05, 0.1) is 13.2 Å². The summed E-state index contributed by atoms with van der Waals surface area (Å²) in [7, 11) is 0. The van der Waals surface area contributed by atoms with Crippen molar-refractivity contribution in [2.45, 2.75) is 39.7 Å². The smallest absolute Gasteiger partial charge is 0.407 e. The second-order valence-corrected chi connectivity index (χ2v) is 4.63. The van der Waals surface area contributed by atoms with Crippen LogP contribution in [0, 0.1) is 0 Å². The van der Waals surface area contributed by atoms with E-state index in [2.05, 4.69) is 10.1 Å². The summed E-state index contributed by atoms with van der Waals surface area (Å²) in [5.41, 5.74) is -0.579. The number of carbonyl (C=O) groups excluding carboxylic acids is 3. The first-order valence-electron chi connectivity index (χ1n) is 6.02. The van der Waals surface area contributed by atoms with E-state index in [9.17, 15) is 14.4 Å². The van der Waals surface area contributed by atoms with Crippen LogP contribution in [0.25, 0.3) is 0 Å². The zero-order chi connectivity index (χ0) is 14.9. The lowest BCUT2D eigenvalue weighted by Gasteiger charge is -2.19. The Bertz CT molecular complexity index is 321. The van der Waals surface area contributed by atoms with Gasteiger partial charge in [0.25, 0.3) is 0 Å². The zero-order valence-electron chi connectivity index (χ0n) is 11.8. The van der Waals surface area contributed by atoms with Gasteiger partial charge in [-0.05, 0) is 27.7 Å². The predicted molar refractivity (Wildman–Crippen MR) is 66.4 cm³/mol. The van der Waals surface area contributed by atoms with Gasteiger partial charge in [-0.1, -0.05) is 0 Å². The molecule has 0 saturated carbocycles. The molecule has 0 aromatic carbocycles.